The van der Waals surface area contributed by atoms with Gasteiger partial charge in [0.1, 0.15) is 11.1 Å². The summed E-state index contributed by atoms with van der Waals surface area (Å²) in [4.78, 5) is 8.76. The molecule has 3 aromatic rings. The third kappa shape index (κ3) is 2.60. The number of benzene rings is 1. The van der Waals surface area contributed by atoms with Crippen LogP contribution in [0.2, 0.25) is 10.0 Å². The van der Waals surface area contributed by atoms with Crippen LogP contribution in [0, 0.1) is 5.41 Å². The second kappa shape index (κ2) is 5.91. The van der Waals surface area contributed by atoms with Gasteiger partial charge in [-0.25, -0.2) is 9.97 Å². The van der Waals surface area contributed by atoms with Gasteiger partial charge in [0.05, 0.1) is 5.02 Å². The van der Waals surface area contributed by atoms with Crippen molar-refractivity contribution in [3.8, 4) is 11.1 Å². The first kappa shape index (κ1) is 15.3. The number of thioether (sulfide) groups is 1. The summed E-state index contributed by atoms with van der Waals surface area (Å²) in [6, 6.07) is 7.15. The fourth-order valence-electron chi connectivity index (χ4n) is 2.26. The Hall–Kier alpha value is -1.56. The van der Waals surface area contributed by atoms with E-state index in [0.29, 0.717) is 20.7 Å². The van der Waals surface area contributed by atoms with Gasteiger partial charge in [0.25, 0.3) is 0 Å². The van der Waals surface area contributed by atoms with Crippen LogP contribution in [0.1, 0.15) is 0 Å². The third-order valence-corrected chi connectivity index (χ3v) is 4.50. The summed E-state index contributed by atoms with van der Waals surface area (Å²) in [5.41, 5.74) is 2.54. The molecule has 0 fully saturated rings. The first-order chi connectivity index (χ1) is 10.5. The third-order valence-electron chi connectivity index (χ3n) is 3.39. The van der Waals surface area contributed by atoms with E-state index in [4.69, 9.17) is 28.6 Å². The Morgan fingerprint density at radius 3 is 2.64 bits per heavy atom. The Labute approximate surface area is 141 Å². The average molecular weight is 351 g/mol. The molecule has 2 aromatic heterocycles. The van der Waals surface area contributed by atoms with Crippen LogP contribution in [0.15, 0.2) is 35.6 Å². The molecule has 0 aliphatic rings. The van der Waals surface area contributed by atoms with Crippen LogP contribution >= 0.6 is 35.0 Å². The van der Waals surface area contributed by atoms with Crippen molar-refractivity contribution in [3.05, 3.63) is 46.0 Å². The van der Waals surface area contributed by atoms with Crippen molar-refractivity contribution in [1.82, 2.24) is 14.5 Å². The first-order valence-corrected chi connectivity index (χ1v) is 8.40. The summed E-state index contributed by atoms with van der Waals surface area (Å²) in [6.45, 7) is 0. The Kier molecular flexibility index (Phi) is 4.12. The predicted octanol–water partition coefficient (Wildman–Crippen LogP) is 4.14. The summed E-state index contributed by atoms with van der Waals surface area (Å²) in [6.07, 6.45) is 3.69. The largest absolute Gasteiger partial charge is 0.313 e. The molecule has 0 unspecified atom stereocenters. The number of rotatable bonds is 2. The van der Waals surface area contributed by atoms with Gasteiger partial charge in [0.15, 0.2) is 5.16 Å². The van der Waals surface area contributed by atoms with E-state index in [0.717, 1.165) is 22.2 Å². The molecule has 4 nitrogen and oxygen atoms in total. The molecule has 0 atom stereocenters. The van der Waals surface area contributed by atoms with Crippen molar-refractivity contribution in [3.63, 3.8) is 0 Å². The Morgan fingerprint density at radius 2 is 1.95 bits per heavy atom. The van der Waals surface area contributed by atoms with E-state index in [1.165, 1.54) is 11.8 Å². The minimum absolute atomic E-state index is 0.336. The molecule has 0 saturated carbocycles. The molecular formula is C15H12Cl2N4S. The minimum atomic E-state index is 0.336. The zero-order valence-electron chi connectivity index (χ0n) is 11.9. The molecular weight excluding hydrogens is 339 g/mol. The highest BCUT2D eigenvalue weighted by atomic mass is 35.5. The van der Waals surface area contributed by atoms with Crippen LogP contribution in [-0.4, -0.2) is 20.8 Å². The van der Waals surface area contributed by atoms with E-state index in [1.807, 2.05) is 25.4 Å². The highest BCUT2D eigenvalue weighted by Gasteiger charge is 2.11. The second-order valence-electron chi connectivity index (χ2n) is 4.73. The van der Waals surface area contributed by atoms with Crippen LogP contribution in [0.3, 0.4) is 0 Å². The normalized spacial score (nSPS) is 11.1. The van der Waals surface area contributed by atoms with Gasteiger partial charge in [-0.2, -0.15) is 0 Å². The number of aryl methyl sites for hydroxylation is 1. The maximum absolute atomic E-state index is 8.40. The van der Waals surface area contributed by atoms with Crippen LogP contribution < -0.4 is 5.49 Å². The molecule has 0 saturated heterocycles. The highest BCUT2D eigenvalue weighted by molar-refractivity contribution is 7.98. The van der Waals surface area contributed by atoms with E-state index < -0.39 is 0 Å². The fourth-order valence-corrected chi connectivity index (χ4v) is 3.11. The van der Waals surface area contributed by atoms with Gasteiger partial charge >= 0.3 is 0 Å². The zero-order chi connectivity index (χ0) is 15.9. The number of hydrogen-bond donors (Lipinski definition) is 1. The van der Waals surface area contributed by atoms with Gasteiger partial charge < -0.3 is 4.57 Å². The molecule has 1 aromatic carbocycles. The number of fused-ring (bicyclic) bond motifs is 1. The molecule has 1 N–H and O–H groups in total. The molecule has 112 valence electrons. The summed E-state index contributed by atoms with van der Waals surface area (Å²) < 4.78 is 1.73. The Balaban J connectivity index is 2.32. The van der Waals surface area contributed by atoms with Crippen LogP contribution in [-0.2, 0) is 7.05 Å². The Bertz CT molecular complexity index is 937. The second-order valence-corrected chi connectivity index (χ2v) is 6.34. The summed E-state index contributed by atoms with van der Waals surface area (Å²) in [5, 5.41) is 11.0. The molecule has 0 aliphatic carbocycles. The molecule has 7 heteroatoms. The number of nitrogens with one attached hydrogen (secondary N) is 1. The average Bonchev–Trinajstić information content (AvgIpc) is 2.51. The smallest absolute Gasteiger partial charge is 0.189 e. The van der Waals surface area contributed by atoms with E-state index in [2.05, 4.69) is 9.97 Å². The van der Waals surface area contributed by atoms with Crippen LogP contribution in [0.5, 0.6) is 0 Å². The van der Waals surface area contributed by atoms with Crippen molar-refractivity contribution in [2.24, 2.45) is 7.05 Å². The quantitative estimate of drug-likeness (QED) is 0.558. The lowest BCUT2D eigenvalue weighted by molar-refractivity contribution is 0.826. The number of aromatic nitrogens is 3. The van der Waals surface area contributed by atoms with Gasteiger partial charge in [0, 0.05) is 34.8 Å². The summed E-state index contributed by atoms with van der Waals surface area (Å²) in [7, 11) is 1.81. The van der Waals surface area contributed by atoms with Gasteiger partial charge in [0.2, 0.25) is 0 Å². The number of nitrogens with zero attached hydrogens (tertiary/aromatic N) is 3. The minimum Gasteiger partial charge on any atom is -0.313 e. The maximum atomic E-state index is 8.40. The Morgan fingerprint density at radius 1 is 1.18 bits per heavy atom. The maximum Gasteiger partial charge on any atom is 0.189 e. The summed E-state index contributed by atoms with van der Waals surface area (Å²) in [5.74, 6) is 0. The van der Waals surface area contributed by atoms with E-state index >= 15 is 0 Å². The molecule has 0 spiro atoms. The zero-order valence-corrected chi connectivity index (χ0v) is 14.2. The summed E-state index contributed by atoms with van der Waals surface area (Å²) >= 11 is 13.7. The van der Waals surface area contributed by atoms with Crippen molar-refractivity contribution < 1.29 is 0 Å². The first-order valence-electron chi connectivity index (χ1n) is 6.42. The fraction of sp³-hybridized carbons (Fsp3) is 0.133. The van der Waals surface area contributed by atoms with Crippen molar-refractivity contribution in [2.45, 2.75) is 5.16 Å². The lowest BCUT2D eigenvalue weighted by atomic mass is 10.1. The number of halogens is 2. The van der Waals surface area contributed by atoms with Gasteiger partial charge in [-0.3, -0.25) is 5.41 Å². The topological polar surface area (TPSA) is 54.6 Å². The molecule has 0 aliphatic heterocycles. The molecule has 0 amide bonds. The van der Waals surface area contributed by atoms with Crippen molar-refractivity contribution in [1.29, 1.82) is 5.41 Å². The molecule has 2 heterocycles. The number of hydrogen-bond acceptors (Lipinski definition) is 4. The molecule has 3 rings (SSSR count). The van der Waals surface area contributed by atoms with E-state index in [-0.39, 0.29) is 0 Å². The molecule has 22 heavy (non-hydrogen) atoms. The van der Waals surface area contributed by atoms with E-state index in [9.17, 15) is 0 Å². The van der Waals surface area contributed by atoms with Gasteiger partial charge in [-0.05, 0) is 24.5 Å². The van der Waals surface area contributed by atoms with Crippen molar-refractivity contribution in [2.75, 3.05) is 6.26 Å². The van der Waals surface area contributed by atoms with Gasteiger partial charge in [-0.15, -0.1) is 0 Å². The molecule has 0 bridgehead atoms. The van der Waals surface area contributed by atoms with Gasteiger partial charge in [-0.1, -0.05) is 41.0 Å². The van der Waals surface area contributed by atoms with Crippen molar-refractivity contribution >= 4 is 46.0 Å². The standard InChI is InChI=1S/C15H12Cl2N4S/c1-21-13(18)11(10-4-3-9(16)6-12(10)17)5-8-7-19-15(22-2)20-14(8)21/h3-7,18H,1-2H3. The SMILES string of the molecule is CSc1ncc2cc(-c3ccc(Cl)cc3Cl)c(=N)n(C)c2n1. The lowest BCUT2D eigenvalue weighted by Gasteiger charge is -2.11. The predicted molar refractivity (Wildman–Crippen MR) is 91.6 cm³/mol. The lowest BCUT2D eigenvalue weighted by Crippen LogP contribution is -2.20. The monoisotopic (exact) mass is 350 g/mol. The highest BCUT2D eigenvalue weighted by Crippen LogP contribution is 2.29. The van der Waals surface area contributed by atoms with Crippen LogP contribution in [0.25, 0.3) is 22.2 Å². The van der Waals surface area contributed by atoms with Crippen LogP contribution in [0.4, 0.5) is 0 Å². The number of pyridine rings is 1. The molecule has 0 radical (unpaired) electrons. The van der Waals surface area contributed by atoms with E-state index in [1.54, 1.807) is 22.9 Å².